The second-order valence-electron chi connectivity index (χ2n) is 8.04. The van der Waals surface area contributed by atoms with Crippen LogP contribution >= 0.6 is 0 Å². The predicted octanol–water partition coefficient (Wildman–Crippen LogP) is 4.03. The van der Waals surface area contributed by atoms with Crippen LogP contribution in [-0.4, -0.2) is 35.6 Å². The van der Waals surface area contributed by atoms with E-state index in [0.29, 0.717) is 22.9 Å². The van der Waals surface area contributed by atoms with Crippen LogP contribution < -0.4 is 5.32 Å². The Bertz CT molecular complexity index is 1230. The van der Waals surface area contributed by atoms with Crippen molar-refractivity contribution in [1.29, 1.82) is 5.26 Å². The maximum Gasteiger partial charge on any atom is 0.164 e. The number of pyridine rings is 2. The zero-order valence-electron chi connectivity index (χ0n) is 17.5. The summed E-state index contributed by atoms with van der Waals surface area (Å²) in [4.78, 5) is 9.04. The molecule has 8 nitrogen and oxygen atoms in total. The number of nitrogens with zero attached hydrogens (tertiary/aromatic N) is 7. The Labute approximate surface area is 175 Å². The quantitative estimate of drug-likeness (QED) is 0.525. The van der Waals surface area contributed by atoms with Crippen molar-refractivity contribution in [3.05, 3.63) is 48.7 Å². The molecule has 0 aliphatic heterocycles. The lowest BCUT2D eigenvalue weighted by atomic mass is 10.1. The van der Waals surface area contributed by atoms with Gasteiger partial charge in [-0.15, -0.1) is 0 Å². The van der Waals surface area contributed by atoms with Gasteiger partial charge < -0.3 is 5.32 Å². The molecule has 1 N–H and O–H groups in total. The maximum atomic E-state index is 9.09. The third kappa shape index (κ3) is 3.87. The molecule has 0 aromatic carbocycles. The fraction of sp³-hybridized carbons (Fsp3) is 0.318. The van der Waals surface area contributed by atoms with Gasteiger partial charge >= 0.3 is 0 Å². The second-order valence-corrected chi connectivity index (χ2v) is 8.04. The summed E-state index contributed by atoms with van der Waals surface area (Å²) in [7, 11) is 0. The minimum Gasteiger partial charge on any atom is -0.382 e. The molecule has 30 heavy (non-hydrogen) atoms. The highest BCUT2D eigenvalue weighted by Crippen LogP contribution is 2.30. The molecule has 0 amide bonds. The zero-order chi connectivity index (χ0) is 21.3. The van der Waals surface area contributed by atoms with E-state index >= 15 is 0 Å². The largest absolute Gasteiger partial charge is 0.382 e. The summed E-state index contributed by atoms with van der Waals surface area (Å²) in [5.41, 5.74) is 4.12. The maximum absolute atomic E-state index is 9.09. The van der Waals surface area contributed by atoms with E-state index in [0.717, 1.165) is 28.7 Å². The fourth-order valence-electron chi connectivity index (χ4n) is 3.35. The molecule has 0 unspecified atom stereocenters. The molecule has 152 valence electrons. The van der Waals surface area contributed by atoms with E-state index in [4.69, 9.17) is 5.26 Å². The molecule has 0 saturated heterocycles. The lowest BCUT2D eigenvalue weighted by molar-refractivity contribution is 0.483. The van der Waals surface area contributed by atoms with Gasteiger partial charge in [-0.2, -0.15) is 20.1 Å². The van der Waals surface area contributed by atoms with Gasteiger partial charge in [0.05, 0.1) is 18.0 Å². The summed E-state index contributed by atoms with van der Waals surface area (Å²) in [6.45, 7) is 9.41. The van der Waals surface area contributed by atoms with E-state index < -0.39 is 0 Å². The summed E-state index contributed by atoms with van der Waals surface area (Å²) in [5, 5.41) is 22.3. The Morgan fingerprint density at radius 2 is 1.87 bits per heavy atom. The number of aromatic nitrogens is 6. The average molecular weight is 400 g/mol. The van der Waals surface area contributed by atoms with Gasteiger partial charge in [0.25, 0.3) is 0 Å². The van der Waals surface area contributed by atoms with Crippen LogP contribution in [0.1, 0.15) is 33.3 Å². The highest BCUT2D eigenvalue weighted by Gasteiger charge is 2.14. The Hall–Kier alpha value is -3.73. The van der Waals surface area contributed by atoms with Crippen LogP contribution in [0.5, 0.6) is 0 Å². The van der Waals surface area contributed by atoms with Crippen molar-refractivity contribution in [1.82, 2.24) is 29.5 Å². The van der Waals surface area contributed by atoms with E-state index in [-0.39, 0.29) is 6.04 Å². The van der Waals surface area contributed by atoms with Crippen LogP contribution in [0.25, 0.3) is 28.0 Å². The lowest BCUT2D eigenvalue weighted by Crippen LogP contribution is -2.12. The third-order valence-corrected chi connectivity index (χ3v) is 4.58. The number of anilines is 1. The Morgan fingerprint density at radius 3 is 2.60 bits per heavy atom. The first kappa shape index (κ1) is 19.6. The van der Waals surface area contributed by atoms with Gasteiger partial charge in [-0.05, 0) is 25.8 Å². The Balaban J connectivity index is 1.77. The number of rotatable bonds is 6. The summed E-state index contributed by atoms with van der Waals surface area (Å²) in [6.07, 6.45) is 9.01. The first-order chi connectivity index (χ1) is 14.4. The molecule has 0 spiro atoms. The van der Waals surface area contributed by atoms with Crippen molar-refractivity contribution in [3.63, 3.8) is 0 Å². The Kier molecular flexibility index (Phi) is 5.19. The molecule has 0 bridgehead atoms. The highest BCUT2D eigenvalue weighted by molar-refractivity contribution is 5.80. The number of nitriles is 1. The van der Waals surface area contributed by atoms with Crippen molar-refractivity contribution >= 4 is 16.7 Å². The summed E-state index contributed by atoms with van der Waals surface area (Å²) in [5.74, 6) is 1.18. The van der Waals surface area contributed by atoms with Crippen molar-refractivity contribution in [2.45, 2.75) is 40.3 Å². The van der Waals surface area contributed by atoms with Crippen molar-refractivity contribution in [3.8, 4) is 23.0 Å². The van der Waals surface area contributed by atoms with E-state index in [1.54, 1.807) is 23.1 Å². The average Bonchev–Trinajstić information content (AvgIpc) is 3.33. The highest BCUT2D eigenvalue weighted by atomic mass is 15.3. The molecule has 4 heterocycles. The van der Waals surface area contributed by atoms with E-state index in [1.165, 1.54) is 0 Å². The van der Waals surface area contributed by atoms with Gasteiger partial charge in [0.1, 0.15) is 6.07 Å². The number of hydrogen-bond donors (Lipinski definition) is 1. The molecule has 0 aliphatic carbocycles. The van der Waals surface area contributed by atoms with Crippen LogP contribution in [-0.2, 0) is 6.54 Å². The van der Waals surface area contributed by atoms with Crippen molar-refractivity contribution in [2.75, 3.05) is 5.32 Å². The van der Waals surface area contributed by atoms with E-state index in [2.05, 4.69) is 65.4 Å². The molecule has 0 atom stereocenters. The smallest absolute Gasteiger partial charge is 0.164 e. The van der Waals surface area contributed by atoms with Gasteiger partial charge in [0.2, 0.25) is 0 Å². The lowest BCUT2D eigenvalue weighted by Gasteiger charge is -2.15. The standard InChI is InChI=1S/C22H24N8/c1-14(2)12-29-13-18(10-26-29)19-11-24-21(6-20(19)28-15(3)4)30-22-17(9-27-30)5-16(7-23)8-25-22/h5-6,8-11,13-15H,12H2,1-4H3,(H,24,28). The summed E-state index contributed by atoms with van der Waals surface area (Å²) >= 11 is 0. The third-order valence-electron chi connectivity index (χ3n) is 4.58. The van der Waals surface area contributed by atoms with Crippen molar-refractivity contribution in [2.24, 2.45) is 5.92 Å². The summed E-state index contributed by atoms with van der Waals surface area (Å²) < 4.78 is 3.65. The topological polar surface area (TPSA) is 97.2 Å². The molecule has 0 fully saturated rings. The minimum atomic E-state index is 0.246. The van der Waals surface area contributed by atoms with Gasteiger partial charge in [0, 0.05) is 59.4 Å². The normalized spacial score (nSPS) is 11.4. The summed E-state index contributed by atoms with van der Waals surface area (Å²) in [6, 6.07) is 6.10. The molecule has 0 saturated carbocycles. The van der Waals surface area contributed by atoms with Gasteiger partial charge in [-0.1, -0.05) is 13.8 Å². The van der Waals surface area contributed by atoms with Crippen LogP contribution in [0, 0.1) is 17.2 Å². The van der Waals surface area contributed by atoms with E-state index in [1.807, 2.05) is 23.1 Å². The van der Waals surface area contributed by atoms with Gasteiger partial charge in [-0.25, -0.2) is 9.97 Å². The molecular formula is C22H24N8. The first-order valence-electron chi connectivity index (χ1n) is 9.98. The van der Waals surface area contributed by atoms with E-state index in [9.17, 15) is 0 Å². The molecule has 4 aromatic rings. The monoisotopic (exact) mass is 400 g/mol. The zero-order valence-corrected chi connectivity index (χ0v) is 17.5. The molecule has 0 radical (unpaired) electrons. The minimum absolute atomic E-state index is 0.246. The molecule has 4 aromatic heterocycles. The van der Waals surface area contributed by atoms with Crippen LogP contribution in [0.2, 0.25) is 0 Å². The molecular weight excluding hydrogens is 376 g/mol. The van der Waals surface area contributed by atoms with Crippen LogP contribution in [0.15, 0.2) is 43.1 Å². The fourth-order valence-corrected chi connectivity index (χ4v) is 3.35. The second kappa shape index (κ2) is 7.95. The number of fused-ring (bicyclic) bond motifs is 1. The van der Waals surface area contributed by atoms with Crippen molar-refractivity contribution < 1.29 is 0 Å². The predicted molar refractivity (Wildman–Crippen MR) is 116 cm³/mol. The SMILES string of the molecule is CC(C)Cn1cc(-c2cnc(-n3ncc4cc(C#N)cnc43)cc2NC(C)C)cn1. The Morgan fingerprint density at radius 1 is 1.03 bits per heavy atom. The molecule has 4 rings (SSSR count). The first-order valence-corrected chi connectivity index (χ1v) is 9.98. The molecule has 8 heteroatoms. The number of hydrogen-bond acceptors (Lipinski definition) is 6. The van der Waals surface area contributed by atoms with Gasteiger partial charge in [0.15, 0.2) is 11.5 Å². The van der Waals surface area contributed by atoms with Crippen LogP contribution in [0.4, 0.5) is 5.69 Å². The molecule has 0 aliphatic rings. The number of nitrogens with one attached hydrogen (secondary N) is 1. The van der Waals surface area contributed by atoms with Gasteiger partial charge in [-0.3, -0.25) is 4.68 Å². The van der Waals surface area contributed by atoms with Crippen LogP contribution in [0.3, 0.4) is 0 Å².